The van der Waals surface area contributed by atoms with Crippen LogP contribution in [0.5, 0.6) is 0 Å². The van der Waals surface area contributed by atoms with Crippen LogP contribution in [0, 0.1) is 0 Å². The van der Waals surface area contributed by atoms with Gasteiger partial charge in [-0.25, -0.2) is 4.79 Å². The molecule has 0 heterocycles. The number of carbonyl (C=O) groups excluding carboxylic acids is 1. The van der Waals surface area contributed by atoms with Gasteiger partial charge in [-0.3, -0.25) is 0 Å². The summed E-state index contributed by atoms with van der Waals surface area (Å²) in [6, 6.07) is 0. The Balaban J connectivity index is 4.89. The first kappa shape index (κ1) is 16.0. The number of nitrogens with zero attached hydrogens (tertiary/aromatic N) is 2. The number of ether oxygens (including phenoxy) is 1. The predicted molar refractivity (Wildman–Crippen MR) is 68.4 cm³/mol. The minimum Gasteiger partial charge on any atom is -0.457 e. The summed E-state index contributed by atoms with van der Waals surface area (Å²) in [7, 11) is -1.81. The van der Waals surface area contributed by atoms with E-state index in [9.17, 15) is 4.79 Å². The largest absolute Gasteiger partial charge is 0.457 e. The summed E-state index contributed by atoms with van der Waals surface area (Å²) in [4.78, 5) is 14.6. The molecule has 0 aromatic carbocycles. The Bertz CT molecular complexity index is 306. The Hall–Kier alpha value is -0.973. The lowest BCUT2D eigenvalue weighted by atomic mass is 10.1. The molecule has 0 radical (unpaired) electrons. The van der Waals surface area contributed by atoms with Gasteiger partial charge in [-0.1, -0.05) is 13.3 Å². The number of carbonyl (C=O) groups is 1. The van der Waals surface area contributed by atoms with Crippen molar-refractivity contribution in [3.05, 3.63) is 5.53 Å². The molecule has 1 atom stereocenters. The fourth-order valence-corrected chi connectivity index (χ4v) is 2.47. The molecule has 0 N–H and O–H groups in total. The summed E-state index contributed by atoms with van der Waals surface area (Å²) in [5.74, 6) is -0.605. The molecule has 17 heavy (non-hydrogen) atoms. The summed E-state index contributed by atoms with van der Waals surface area (Å²) < 4.78 is 10.7. The normalized spacial score (nSPS) is 12.8. The van der Waals surface area contributed by atoms with E-state index in [4.69, 9.17) is 14.7 Å². The van der Waals surface area contributed by atoms with Crippen LogP contribution in [0.4, 0.5) is 0 Å². The minimum absolute atomic E-state index is 0.0314. The highest BCUT2D eigenvalue weighted by Gasteiger charge is 2.35. The van der Waals surface area contributed by atoms with Crippen LogP contribution in [0.25, 0.3) is 5.53 Å². The molecule has 5 nitrogen and oxygen atoms in total. The molecule has 0 spiro atoms. The third-order valence-electron chi connectivity index (χ3n) is 1.94. The fourth-order valence-electron chi connectivity index (χ4n) is 1.38. The second kappa shape index (κ2) is 7.37. The summed E-state index contributed by atoms with van der Waals surface area (Å²) in [6.45, 7) is 10.0. The van der Waals surface area contributed by atoms with E-state index in [-0.39, 0.29) is 12.3 Å². The van der Waals surface area contributed by atoms with Gasteiger partial charge in [0.1, 0.15) is 0 Å². The van der Waals surface area contributed by atoms with Crippen molar-refractivity contribution in [2.45, 2.75) is 52.4 Å². The molecule has 0 amide bonds. The fraction of sp³-hybridized carbons (Fsp3) is 0.818. The average Bonchev–Trinajstić information content (AvgIpc) is 2.17. The zero-order valence-electron chi connectivity index (χ0n) is 11.3. The van der Waals surface area contributed by atoms with Crippen molar-refractivity contribution in [3.63, 3.8) is 0 Å². The van der Waals surface area contributed by atoms with Crippen molar-refractivity contribution >= 4 is 20.0 Å². The molecule has 0 aliphatic heterocycles. The molecule has 0 aliphatic carbocycles. The highest BCUT2D eigenvalue weighted by atomic mass is 28.4. The SMILES string of the molecule is CCCC(O[Si](C)(C)C)C(=[N+]=[N-])C(=O)OCC. The van der Waals surface area contributed by atoms with Gasteiger partial charge in [-0.15, -0.1) is 0 Å². The topological polar surface area (TPSA) is 71.9 Å². The van der Waals surface area contributed by atoms with Crippen LogP contribution in [-0.2, 0) is 14.0 Å². The summed E-state index contributed by atoms with van der Waals surface area (Å²) >= 11 is 0. The third-order valence-corrected chi connectivity index (χ3v) is 2.94. The van der Waals surface area contributed by atoms with Crippen LogP contribution in [0.2, 0.25) is 19.6 Å². The molecule has 0 aromatic rings. The number of esters is 1. The molecular weight excluding hydrogens is 236 g/mol. The quantitative estimate of drug-likeness (QED) is 0.231. The van der Waals surface area contributed by atoms with Crippen LogP contribution in [0.1, 0.15) is 26.7 Å². The molecule has 98 valence electrons. The first-order valence-corrected chi connectivity index (χ1v) is 9.33. The van der Waals surface area contributed by atoms with Gasteiger partial charge < -0.3 is 14.7 Å². The maximum Gasteiger partial charge on any atom is 0.419 e. The van der Waals surface area contributed by atoms with Gasteiger partial charge in [0.05, 0.1) is 6.61 Å². The zero-order valence-corrected chi connectivity index (χ0v) is 12.3. The van der Waals surface area contributed by atoms with Gasteiger partial charge in [0.15, 0.2) is 14.4 Å². The van der Waals surface area contributed by atoms with Gasteiger partial charge >= 0.3 is 11.7 Å². The summed E-state index contributed by atoms with van der Waals surface area (Å²) in [5, 5.41) is 0. The lowest BCUT2D eigenvalue weighted by Gasteiger charge is -2.22. The smallest absolute Gasteiger partial charge is 0.419 e. The summed E-state index contributed by atoms with van der Waals surface area (Å²) in [6.07, 6.45) is 1.01. The second-order valence-electron chi connectivity index (χ2n) is 4.71. The Morgan fingerprint density at radius 3 is 2.29 bits per heavy atom. The van der Waals surface area contributed by atoms with Crippen molar-refractivity contribution in [3.8, 4) is 0 Å². The first-order valence-electron chi connectivity index (χ1n) is 5.92. The van der Waals surface area contributed by atoms with E-state index in [0.29, 0.717) is 6.42 Å². The Morgan fingerprint density at radius 2 is 1.94 bits per heavy atom. The van der Waals surface area contributed by atoms with Gasteiger partial charge in [0, 0.05) is 0 Å². The predicted octanol–water partition coefficient (Wildman–Crippen LogP) is 2.24. The third kappa shape index (κ3) is 6.36. The number of hydrogen-bond donors (Lipinski definition) is 0. The van der Waals surface area contributed by atoms with Crippen LogP contribution < -0.4 is 0 Å². The second-order valence-corrected chi connectivity index (χ2v) is 9.17. The lowest BCUT2D eigenvalue weighted by molar-refractivity contribution is -0.141. The first-order chi connectivity index (χ1) is 7.85. The minimum atomic E-state index is -1.81. The Kier molecular flexibility index (Phi) is 6.95. The van der Waals surface area contributed by atoms with E-state index in [0.717, 1.165) is 6.42 Å². The van der Waals surface area contributed by atoms with Crippen molar-refractivity contribution in [1.29, 1.82) is 0 Å². The Morgan fingerprint density at radius 1 is 1.35 bits per heavy atom. The van der Waals surface area contributed by atoms with Crippen molar-refractivity contribution in [2.75, 3.05) is 6.61 Å². The number of rotatable bonds is 7. The van der Waals surface area contributed by atoms with E-state index < -0.39 is 20.4 Å². The number of hydrogen-bond acceptors (Lipinski definition) is 3. The van der Waals surface area contributed by atoms with Gasteiger partial charge in [-0.05, 0) is 33.0 Å². The van der Waals surface area contributed by atoms with Gasteiger partial charge in [0.25, 0.3) is 0 Å². The molecule has 0 fully saturated rings. The molecule has 0 bridgehead atoms. The van der Waals surface area contributed by atoms with E-state index >= 15 is 0 Å². The van der Waals surface area contributed by atoms with Crippen molar-refractivity contribution < 1.29 is 18.7 Å². The Labute approximate surface area is 104 Å². The van der Waals surface area contributed by atoms with E-state index in [1.165, 1.54) is 0 Å². The van der Waals surface area contributed by atoms with Crippen molar-refractivity contribution in [2.24, 2.45) is 0 Å². The summed E-state index contributed by atoms with van der Waals surface area (Å²) in [5.41, 5.74) is 8.91. The van der Waals surface area contributed by atoms with Crippen molar-refractivity contribution in [1.82, 2.24) is 0 Å². The highest BCUT2D eigenvalue weighted by Crippen LogP contribution is 2.13. The molecule has 0 saturated heterocycles. The van der Waals surface area contributed by atoms with Gasteiger partial charge in [0.2, 0.25) is 0 Å². The molecule has 6 heteroatoms. The zero-order chi connectivity index (χ0) is 13.5. The van der Waals surface area contributed by atoms with E-state index in [1.807, 2.05) is 26.6 Å². The standard InChI is InChI=1S/C11H22N2O3Si/c1-6-8-9(16-17(3,4)5)10(13-12)11(14)15-7-2/h9H,6-8H2,1-5H3. The highest BCUT2D eigenvalue weighted by molar-refractivity contribution is 6.70. The average molecular weight is 258 g/mol. The molecule has 0 aliphatic rings. The van der Waals surface area contributed by atoms with Crippen LogP contribution in [0.15, 0.2) is 0 Å². The lowest BCUT2D eigenvalue weighted by Crippen LogP contribution is -2.41. The molecule has 1 unspecified atom stereocenters. The molecule has 0 saturated carbocycles. The van der Waals surface area contributed by atoms with Crippen LogP contribution in [-0.4, -0.2) is 37.5 Å². The van der Waals surface area contributed by atoms with E-state index in [1.54, 1.807) is 6.92 Å². The maximum absolute atomic E-state index is 11.6. The molecular formula is C11H22N2O3Si. The van der Waals surface area contributed by atoms with Gasteiger partial charge in [-0.2, -0.15) is 4.79 Å². The van der Waals surface area contributed by atoms with E-state index in [2.05, 4.69) is 4.79 Å². The molecule has 0 aromatic heterocycles. The molecule has 0 rings (SSSR count). The maximum atomic E-state index is 11.6. The van der Waals surface area contributed by atoms with Crippen LogP contribution >= 0.6 is 0 Å². The van der Waals surface area contributed by atoms with Crippen LogP contribution in [0.3, 0.4) is 0 Å². The monoisotopic (exact) mass is 258 g/mol.